The molecule has 1 unspecified atom stereocenters. The molecule has 10 heteroatoms. The van der Waals surface area contributed by atoms with Crippen LogP contribution in [-0.4, -0.2) is 55.3 Å². The van der Waals surface area contributed by atoms with Crippen molar-refractivity contribution < 1.29 is 9.53 Å². The predicted molar refractivity (Wildman–Crippen MR) is 93.1 cm³/mol. The first-order valence-electron chi connectivity index (χ1n) is 8.89. The summed E-state index contributed by atoms with van der Waals surface area (Å²) < 4.78 is 6.64. The number of likely N-dealkylation sites (tertiary alicyclic amines) is 1. The van der Waals surface area contributed by atoms with E-state index in [1.165, 1.54) is 0 Å². The number of imidazole rings is 1. The van der Waals surface area contributed by atoms with Crippen molar-refractivity contribution >= 4 is 5.97 Å². The van der Waals surface area contributed by atoms with Gasteiger partial charge in [-0.2, -0.15) is 5.10 Å². The van der Waals surface area contributed by atoms with E-state index in [9.17, 15) is 14.4 Å². The van der Waals surface area contributed by atoms with Gasteiger partial charge in [0.2, 0.25) is 0 Å². The minimum Gasteiger partial charge on any atom is -0.461 e. The van der Waals surface area contributed by atoms with Crippen molar-refractivity contribution in [2.75, 3.05) is 19.7 Å². The molecule has 1 fully saturated rings. The van der Waals surface area contributed by atoms with Crippen LogP contribution in [0.5, 0.6) is 0 Å². The lowest BCUT2D eigenvalue weighted by Crippen LogP contribution is -2.36. The Labute approximate surface area is 149 Å². The zero-order valence-electron chi connectivity index (χ0n) is 15.0. The molecule has 3 rings (SSSR count). The highest BCUT2D eigenvalue weighted by molar-refractivity contribution is 5.88. The smallest absolute Gasteiger partial charge is 0.356 e. The van der Waals surface area contributed by atoms with E-state index in [1.54, 1.807) is 11.5 Å². The van der Waals surface area contributed by atoms with Gasteiger partial charge in [0.1, 0.15) is 11.5 Å². The number of aromatic nitrogens is 5. The van der Waals surface area contributed by atoms with E-state index in [0.717, 1.165) is 25.2 Å². The first-order valence-corrected chi connectivity index (χ1v) is 8.89. The third kappa shape index (κ3) is 3.64. The number of hydrogen-bond acceptors (Lipinski definition) is 6. The molecular weight excluding hydrogens is 340 g/mol. The second-order valence-electron chi connectivity index (χ2n) is 6.36. The van der Waals surface area contributed by atoms with Crippen LogP contribution < -0.4 is 11.4 Å². The van der Waals surface area contributed by atoms with Crippen molar-refractivity contribution in [1.29, 1.82) is 0 Å². The highest BCUT2D eigenvalue weighted by Gasteiger charge is 2.27. The molecule has 26 heavy (non-hydrogen) atoms. The van der Waals surface area contributed by atoms with Crippen molar-refractivity contribution in [1.82, 2.24) is 29.6 Å². The molecule has 0 amide bonds. The Bertz CT molecular complexity index is 876. The number of carbonyl (C=O) groups excluding carboxylic acids is 1. The summed E-state index contributed by atoms with van der Waals surface area (Å²) >= 11 is 0. The van der Waals surface area contributed by atoms with Crippen LogP contribution in [0.2, 0.25) is 0 Å². The van der Waals surface area contributed by atoms with Crippen LogP contribution in [0.1, 0.15) is 54.6 Å². The van der Waals surface area contributed by atoms with E-state index in [1.807, 2.05) is 6.92 Å². The fourth-order valence-electron chi connectivity index (χ4n) is 3.50. The third-order valence-electron chi connectivity index (χ3n) is 4.64. The number of ether oxygens (including phenoxy) is 1. The number of piperidine rings is 1. The average Bonchev–Trinajstić information content (AvgIpc) is 3.17. The molecule has 0 radical (unpaired) electrons. The van der Waals surface area contributed by atoms with Crippen molar-refractivity contribution in [2.45, 2.75) is 45.7 Å². The van der Waals surface area contributed by atoms with Crippen LogP contribution in [0.25, 0.3) is 0 Å². The molecule has 1 aliphatic heterocycles. The molecule has 2 aromatic heterocycles. The summed E-state index contributed by atoms with van der Waals surface area (Å²) in [6.07, 6.45) is 1.88. The van der Waals surface area contributed by atoms with Gasteiger partial charge in [-0.3, -0.25) is 14.5 Å². The topological polar surface area (TPSA) is 129 Å². The fraction of sp³-hybridized carbons (Fsp3) is 0.625. The van der Waals surface area contributed by atoms with Gasteiger partial charge in [-0.1, -0.05) is 0 Å². The van der Waals surface area contributed by atoms with E-state index in [4.69, 9.17) is 4.74 Å². The van der Waals surface area contributed by atoms with Gasteiger partial charge in [-0.25, -0.2) is 19.5 Å². The highest BCUT2D eigenvalue weighted by Crippen LogP contribution is 2.26. The maximum absolute atomic E-state index is 12.0. The Hall–Kier alpha value is -2.62. The molecule has 0 saturated carbocycles. The maximum atomic E-state index is 12.0. The number of carbonyl (C=O) groups is 1. The van der Waals surface area contributed by atoms with Gasteiger partial charge in [0.05, 0.1) is 12.3 Å². The monoisotopic (exact) mass is 364 g/mol. The Balaban J connectivity index is 1.76. The van der Waals surface area contributed by atoms with E-state index >= 15 is 0 Å². The zero-order chi connectivity index (χ0) is 18.7. The van der Waals surface area contributed by atoms with Crippen LogP contribution in [0.3, 0.4) is 0 Å². The molecule has 2 aromatic rings. The molecule has 1 aliphatic rings. The number of nitrogens with one attached hydrogen (secondary N) is 3. The van der Waals surface area contributed by atoms with Crippen LogP contribution in [-0.2, 0) is 17.8 Å². The lowest BCUT2D eigenvalue weighted by atomic mass is 9.97. The van der Waals surface area contributed by atoms with Gasteiger partial charge in [-0.05, 0) is 33.2 Å². The zero-order valence-corrected chi connectivity index (χ0v) is 15.0. The Kier molecular flexibility index (Phi) is 5.40. The average molecular weight is 364 g/mol. The van der Waals surface area contributed by atoms with Gasteiger partial charge < -0.3 is 9.72 Å². The molecular formula is C16H24N6O4. The molecule has 3 N–H and O–H groups in total. The minimum atomic E-state index is -0.540. The SMILES string of the molecule is CCOC(=O)c1[nH]c(=O)[nH]c1CN1CCCC(c2n[nH]c(=O)n2CC)C1. The number of nitrogens with zero attached hydrogens (tertiary/aromatic N) is 3. The first-order chi connectivity index (χ1) is 12.5. The number of hydrogen-bond donors (Lipinski definition) is 3. The Morgan fingerprint density at radius 1 is 1.31 bits per heavy atom. The second kappa shape index (κ2) is 7.73. The molecule has 0 aliphatic carbocycles. The largest absolute Gasteiger partial charge is 0.461 e. The van der Waals surface area contributed by atoms with Crippen LogP contribution >= 0.6 is 0 Å². The number of H-pyrrole nitrogens is 3. The van der Waals surface area contributed by atoms with Crippen molar-refractivity contribution in [2.24, 2.45) is 0 Å². The van der Waals surface area contributed by atoms with Crippen molar-refractivity contribution in [3.63, 3.8) is 0 Å². The first kappa shape index (κ1) is 18.2. The van der Waals surface area contributed by atoms with Gasteiger partial charge >= 0.3 is 17.3 Å². The number of rotatable bonds is 6. The van der Waals surface area contributed by atoms with Gasteiger partial charge in [0.15, 0.2) is 0 Å². The van der Waals surface area contributed by atoms with E-state index in [0.29, 0.717) is 25.3 Å². The Morgan fingerprint density at radius 3 is 2.85 bits per heavy atom. The summed E-state index contributed by atoms with van der Waals surface area (Å²) in [7, 11) is 0. The molecule has 3 heterocycles. The highest BCUT2D eigenvalue weighted by atomic mass is 16.5. The lowest BCUT2D eigenvalue weighted by Gasteiger charge is -2.31. The normalized spacial score (nSPS) is 18.2. The molecule has 1 saturated heterocycles. The van der Waals surface area contributed by atoms with E-state index < -0.39 is 11.7 Å². The molecule has 0 spiro atoms. The van der Waals surface area contributed by atoms with Crippen molar-refractivity contribution in [3.8, 4) is 0 Å². The van der Waals surface area contributed by atoms with Crippen LogP contribution in [0, 0.1) is 0 Å². The van der Waals surface area contributed by atoms with E-state index in [2.05, 4.69) is 25.1 Å². The number of esters is 1. The Morgan fingerprint density at radius 2 is 2.12 bits per heavy atom. The van der Waals surface area contributed by atoms with Crippen LogP contribution in [0.15, 0.2) is 9.59 Å². The van der Waals surface area contributed by atoms with Crippen molar-refractivity contribution in [3.05, 3.63) is 38.2 Å². The third-order valence-corrected chi connectivity index (χ3v) is 4.64. The minimum absolute atomic E-state index is 0.124. The molecule has 142 valence electrons. The van der Waals surface area contributed by atoms with Crippen LogP contribution in [0.4, 0.5) is 0 Å². The molecule has 10 nitrogen and oxygen atoms in total. The summed E-state index contributed by atoms with van der Waals surface area (Å²) in [5, 5.41) is 6.70. The van der Waals surface area contributed by atoms with Gasteiger partial charge in [0, 0.05) is 25.6 Å². The summed E-state index contributed by atoms with van der Waals surface area (Å²) in [4.78, 5) is 42.8. The molecule has 0 bridgehead atoms. The van der Waals surface area contributed by atoms with E-state index in [-0.39, 0.29) is 23.9 Å². The summed E-state index contributed by atoms with van der Waals surface area (Å²) in [5.74, 6) is 0.344. The second-order valence-corrected chi connectivity index (χ2v) is 6.36. The van der Waals surface area contributed by atoms with Gasteiger partial charge in [0.25, 0.3) is 0 Å². The maximum Gasteiger partial charge on any atom is 0.356 e. The quantitative estimate of drug-likeness (QED) is 0.627. The standard InChI is InChI=1S/C16H24N6O4/c1-3-22-13(19-20-16(22)25)10-6-5-7-21(8-10)9-11-12(14(23)26-4-2)18-15(24)17-11/h10H,3-9H2,1-2H3,(H,20,25)(H2,17,18,24). The summed E-state index contributed by atoms with van der Waals surface area (Å²) in [6, 6.07) is 0. The number of aromatic amines is 3. The molecule has 0 aromatic carbocycles. The summed E-state index contributed by atoms with van der Waals surface area (Å²) in [5.41, 5.74) is 0.0659. The summed E-state index contributed by atoms with van der Waals surface area (Å²) in [6.45, 7) is 6.40. The fourth-order valence-corrected chi connectivity index (χ4v) is 3.50. The lowest BCUT2D eigenvalue weighted by molar-refractivity contribution is 0.0516. The van der Waals surface area contributed by atoms with Gasteiger partial charge in [-0.15, -0.1) is 0 Å². The molecule has 1 atom stereocenters. The predicted octanol–water partition coefficient (Wildman–Crippen LogP) is 0.164.